The van der Waals surface area contributed by atoms with Crippen molar-refractivity contribution in [1.29, 1.82) is 0 Å². The maximum atomic E-state index is 14.0. The first kappa shape index (κ1) is 26.9. The van der Waals surface area contributed by atoms with E-state index < -0.39 is 17.1 Å². The molecule has 8 rings (SSSR count). The molecule has 3 heterocycles. The van der Waals surface area contributed by atoms with Gasteiger partial charge in [0.25, 0.3) is 0 Å². The van der Waals surface area contributed by atoms with E-state index in [1.165, 1.54) is 12.8 Å². The number of halogens is 1. The molecule has 3 aromatic heterocycles. The molecular formula is C32H36FN5O4. The molecule has 10 heteroatoms. The van der Waals surface area contributed by atoms with Crippen LogP contribution in [0, 0.1) is 11.3 Å². The van der Waals surface area contributed by atoms with Gasteiger partial charge in [0.15, 0.2) is 5.82 Å². The Morgan fingerprint density at radius 1 is 1.12 bits per heavy atom. The Bertz CT molecular complexity index is 1750. The molecule has 4 fully saturated rings. The van der Waals surface area contributed by atoms with Crippen LogP contribution in [-0.2, 0) is 23.1 Å². The fourth-order valence-electron chi connectivity index (χ4n) is 6.74. The van der Waals surface area contributed by atoms with Crippen LogP contribution in [-0.4, -0.2) is 49.9 Å². The predicted molar refractivity (Wildman–Crippen MR) is 156 cm³/mol. The van der Waals surface area contributed by atoms with Crippen LogP contribution in [0.15, 0.2) is 30.3 Å². The molecule has 42 heavy (non-hydrogen) atoms. The Labute approximate surface area is 243 Å². The number of benzene rings is 1. The van der Waals surface area contributed by atoms with E-state index in [2.05, 4.69) is 16.0 Å². The average Bonchev–Trinajstić information content (AvgIpc) is 3.58. The van der Waals surface area contributed by atoms with Gasteiger partial charge in [-0.1, -0.05) is 0 Å². The minimum Gasteiger partial charge on any atom is -0.494 e. The second kappa shape index (κ2) is 9.28. The van der Waals surface area contributed by atoms with Gasteiger partial charge in [-0.2, -0.15) is 0 Å². The topological polar surface area (TPSA) is 100 Å². The zero-order chi connectivity index (χ0) is 29.6. The van der Waals surface area contributed by atoms with Crippen LogP contribution in [0.3, 0.4) is 0 Å². The van der Waals surface area contributed by atoms with E-state index >= 15 is 0 Å². The van der Waals surface area contributed by atoms with Crippen LogP contribution in [0.25, 0.3) is 33.6 Å². The van der Waals surface area contributed by atoms with Crippen molar-refractivity contribution in [2.45, 2.75) is 77.2 Å². The van der Waals surface area contributed by atoms with E-state index in [9.17, 15) is 14.0 Å². The van der Waals surface area contributed by atoms with Crippen molar-refractivity contribution < 1.29 is 23.5 Å². The van der Waals surface area contributed by atoms with Gasteiger partial charge in [0, 0.05) is 19.0 Å². The second-order valence-corrected chi connectivity index (χ2v) is 12.9. The van der Waals surface area contributed by atoms with E-state index in [0.29, 0.717) is 42.0 Å². The number of rotatable bonds is 9. The minimum absolute atomic E-state index is 0.0734. The fourth-order valence-corrected chi connectivity index (χ4v) is 6.74. The summed E-state index contributed by atoms with van der Waals surface area (Å²) in [5, 5.41) is 4.07. The molecule has 1 N–H and O–H groups in total. The number of imidazole rings is 1. The van der Waals surface area contributed by atoms with Crippen LogP contribution in [0.1, 0.15) is 75.0 Å². The molecule has 9 nitrogen and oxygen atoms in total. The first-order chi connectivity index (χ1) is 20.0. The molecular weight excluding hydrogens is 537 g/mol. The molecule has 1 aromatic carbocycles. The van der Waals surface area contributed by atoms with Gasteiger partial charge in [-0.3, -0.25) is 4.79 Å². The summed E-state index contributed by atoms with van der Waals surface area (Å²) in [6.45, 7) is 6.37. The van der Waals surface area contributed by atoms with Crippen LogP contribution in [0.5, 0.6) is 5.75 Å². The summed E-state index contributed by atoms with van der Waals surface area (Å²) >= 11 is 0. The maximum Gasteiger partial charge on any atom is 0.338 e. The number of aromatic nitrogens is 4. The standard InChI is InChI=1S/C32H36FN5O4/c1-17(2)42-29(39)21-10-23-26(25(12-21)41-5)37(4)28(36-23)24-11-20-8-9-22(35-27(20)38(24)13-19-6-7-19)18(3)34-30(40)31-14-32(33,15-31)16-31/h8-12,17-19H,6-7,13-16H2,1-5H3,(H,34,40)/t18-,31?,32?/m1/s1. The van der Waals surface area contributed by atoms with E-state index in [-0.39, 0.29) is 18.1 Å². The van der Waals surface area contributed by atoms with Crippen LogP contribution >= 0.6 is 0 Å². The van der Waals surface area contributed by atoms with Gasteiger partial charge < -0.3 is 23.9 Å². The third-order valence-electron chi connectivity index (χ3n) is 9.10. The molecule has 0 spiro atoms. The predicted octanol–water partition coefficient (Wildman–Crippen LogP) is 5.64. The van der Waals surface area contributed by atoms with Gasteiger partial charge >= 0.3 is 5.97 Å². The molecule has 220 valence electrons. The molecule has 1 amide bonds. The number of nitrogens with one attached hydrogen (secondary N) is 1. The van der Waals surface area contributed by atoms with Gasteiger partial charge in [0.05, 0.1) is 47.1 Å². The molecule has 4 aliphatic carbocycles. The number of pyridine rings is 1. The highest BCUT2D eigenvalue weighted by atomic mass is 19.1. The lowest BCUT2D eigenvalue weighted by Crippen LogP contribution is -2.70. The van der Waals surface area contributed by atoms with Crippen molar-refractivity contribution in [2.24, 2.45) is 18.4 Å². The number of hydrogen-bond acceptors (Lipinski definition) is 6. The minimum atomic E-state index is -1.11. The molecule has 1 atom stereocenters. The highest BCUT2D eigenvalue weighted by Gasteiger charge is 2.72. The van der Waals surface area contributed by atoms with Crippen molar-refractivity contribution in [3.05, 3.63) is 41.6 Å². The van der Waals surface area contributed by atoms with Crippen molar-refractivity contribution >= 4 is 33.9 Å². The summed E-state index contributed by atoms with van der Waals surface area (Å²) in [4.78, 5) is 35.6. The summed E-state index contributed by atoms with van der Waals surface area (Å²) in [6, 6.07) is 9.22. The lowest BCUT2D eigenvalue weighted by atomic mass is 9.42. The zero-order valence-electron chi connectivity index (χ0n) is 24.7. The molecule has 4 aromatic rings. The SMILES string of the molecule is COc1cc(C(=O)OC(C)C)cc2nc(-c3cc4ccc([C@@H](C)NC(=O)C56CC(F)(C5)C6)nc4n3CC3CC3)n(C)c12. The highest BCUT2D eigenvalue weighted by Crippen LogP contribution is 2.69. The van der Waals surface area contributed by atoms with Crippen LogP contribution in [0.2, 0.25) is 0 Å². The number of carbonyl (C=O) groups excluding carboxylic acids is 2. The van der Waals surface area contributed by atoms with Crippen LogP contribution in [0.4, 0.5) is 4.39 Å². The van der Waals surface area contributed by atoms with Gasteiger partial charge in [-0.05, 0) is 89.1 Å². The Morgan fingerprint density at radius 2 is 1.86 bits per heavy atom. The number of alkyl halides is 1. The van der Waals surface area contributed by atoms with Crippen molar-refractivity contribution in [1.82, 2.24) is 24.4 Å². The molecule has 0 radical (unpaired) electrons. The Morgan fingerprint density at radius 3 is 2.50 bits per heavy atom. The highest BCUT2D eigenvalue weighted by molar-refractivity contribution is 5.97. The van der Waals surface area contributed by atoms with E-state index in [1.54, 1.807) is 19.2 Å². The number of aryl methyl sites for hydroxylation is 1. The molecule has 0 unspecified atom stereocenters. The number of ether oxygens (including phenoxy) is 2. The summed E-state index contributed by atoms with van der Waals surface area (Å²) in [5.41, 5.74) is 2.69. The van der Waals surface area contributed by atoms with Crippen molar-refractivity contribution in [2.75, 3.05) is 7.11 Å². The van der Waals surface area contributed by atoms with Gasteiger partial charge in [0.1, 0.15) is 22.6 Å². The number of esters is 1. The first-order valence-corrected chi connectivity index (χ1v) is 14.7. The Hall–Kier alpha value is -3.95. The normalized spacial score (nSPS) is 23.5. The molecule has 4 saturated carbocycles. The van der Waals surface area contributed by atoms with E-state index in [0.717, 1.165) is 40.3 Å². The smallest absolute Gasteiger partial charge is 0.338 e. The number of hydrogen-bond donors (Lipinski definition) is 1. The molecule has 0 aliphatic heterocycles. The molecule has 4 aliphatic rings. The number of carbonyl (C=O) groups is 2. The van der Waals surface area contributed by atoms with Gasteiger partial charge in [-0.15, -0.1) is 0 Å². The van der Waals surface area contributed by atoms with Crippen LogP contribution < -0.4 is 10.1 Å². The van der Waals surface area contributed by atoms with Crippen molar-refractivity contribution in [3.63, 3.8) is 0 Å². The summed E-state index contributed by atoms with van der Waals surface area (Å²) in [6.07, 6.45) is 3.10. The number of methoxy groups -OCH3 is 1. The number of amides is 1. The lowest BCUT2D eigenvalue weighted by molar-refractivity contribution is -0.214. The van der Waals surface area contributed by atoms with Gasteiger partial charge in [0.2, 0.25) is 5.91 Å². The van der Waals surface area contributed by atoms with Crippen molar-refractivity contribution in [3.8, 4) is 17.3 Å². The Kier molecular flexibility index (Phi) is 5.94. The number of nitrogens with zero attached hydrogens (tertiary/aromatic N) is 4. The summed E-state index contributed by atoms with van der Waals surface area (Å²) in [7, 11) is 3.53. The summed E-state index contributed by atoms with van der Waals surface area (Å²) < 4.78 is 29.3. The quantitative estimate of drug-likeness (QED) is 0.260. The van der Waals surface area contributed by atoms with Gasteiger partial charge in [-0.25, -0.2) is 19.2 Å². The molecule has 2 bridgehead atoms. The fraction of sp³-hybridized carbons (Fsp3) is 0.500. The number of fused-ring (bicyclic) bond motifs is 2. The third-order valence-corrected chi connectivity index (χ3v) is 9.10. The Balaban J connectivity index is 1.27. The zero-order valence-corrected chi connectivity index (χ0v) is 24.7. The third kappa shape index (κ3) is 4.25. The first-order valence-electron chi connectivity index (χ1n) is 14.7. The second-order valence-electron chi connectivity index (χ2n) is 12.9. The molecule has 0 saturated heterocycles. The van der Waals surface area contributed by atoms with E-state index in [1.807, 2.05) is 44.5 Å². The maximum absolute atomic E-state index is 14.0. The van der Waals surface area contributed by atoms with E-state index in [4.69, 9.17) is 19.4 Å². The largest absolute Gasteiger partial charge is 0.494 e. The summed E-state index contributed by atoms with van der Waals surface area (Å²) in [5.74, 6) is 1.36. The average molecular weight is 574 g/mol. The lowest BCUT2D eigenvalue weighted by Gasteiger charge is -2.64. The monoisotopic (exact) mass is 573 g/mol.